The van der Waals surface area contributed by atoms with E-state index >= 15 is 0 Å². The van der Waals surface area contributed by atoms with E-state index in [9.17, 15) is 13.2 Å². The summed E-state index contributed by atoms with van der Waals surface area (Å²) in [6.45, 7) is 0.471. The van der Waals surface area contributed by atoms with Gasteiger partial charge in [0.2, 0.25) is 11.3 Å². The van der Waals surface area contributed by atoms with Gasteiger partial charge in [-0.1, -0.05) is 36.4 Å². The number of hydrogen-bond donors (Lipinski definition) is 1. The van der Waals surface area contributed by atoms with Crippen LogP contribution in [-0.4, -0.2) is 22.3 Å². The van der Waals surface area contributed by atoms with Gasteiger partial charge in [0.1, 0.15) is 0 Å². The van der Waals surface area contributed by atoms with E-state index < -0.39 is 11.3 Å². The molecule has 0 bridgehead atoms. The molecule has 24 heavy (non-hydrogen) atoms. The summed E-state index contributed by atoms with van der Waals surface area (Å²) in [4.78, 5) is 12.3. The number of alkyl halides is 3. The summed E-state index contributed by atoms with van der Waals surface area (Å²) in [6, 6.07) is 15.7. The van der Waals surface area contributed by atoms with Gasteiger partial charge in [-0.3, -0.25) is 4.79 Å². The quantitative estimate of drug-likeness (QED) is 0.578. The maximum Gasteiger partial charge on any atom is 0.251 e. The summed E-state index contributed by atoms with van der Waals surface area (Å²) >= 11 is 9.03. The van der Waals surface area contributed by atoms with Gasteiger partial charge in [0, 0.05) is 12.1 Å². The average molecular weight is 540 g/mol. The molecule has 1 amide bonds. The lowest BCUT2D eigenvalue weighted by atomic mass is 10.1. The van der Waals surface area contributed by atoms with E-state index in [0.717, 1.165) is 5.56 Å². The molecule has 0 fully saturated rings. The Balaban J connectivity index is 2.07. The number of sulfone groups is 1. The minimum Gasteiger partial charge on any atom is -0.352 e. The van der Waals surface area contributed by atoms with Crippen molar-refractivity contribution in [1.82, 2.24) is 5.32 Å². The average Bonchev–Trinajstić information content (AvgIpc) is 2.55. The Kier molecular flexibility index (Phi) is 6.64. The molecular formula is C16H14Br3NO3S. The molecule has 0 saturated heterocycles. The highest BCUT2D eigenvalue weighted by molar-refractivity contribution is 9.42. The number of amides is 1. The van der Waals surface area contributed by atoms with Gasteiger partial charge in [-0.05, 0) is 78.0 Å². The number of carbonyl (C=O) groups is 1. The van der Waals surface area contributed by atoms with Crippen LogP contribution in [0.1, 0.15) is 15.9 Å². The standard InChI is InChI=1S/C16H14Br3NO3S/c17-16(18,19)24(22,23)14-8-4-7-13(11-14)15(21)20-10-9-12-5-2-1-3-6-12/h1-8,11H,9-10H2,(H,20,21). The molecule has 0 aromatic heterocycles. The molecule has 128 valence electrons. The van der Waals surface area contributed by atoms with Crippen LogP contribution in [0.4, 0.5) is 0 Å². The van der Waals surface area contributed by atoms with Gasteiger partial charge in [0.25, 0.3) is 5.91 Å². The lowest BCUT2D eigenvalue weighted by Crippen LogP contribution is -2.26. The summed E-state index contributed by atoms with van der Waals surface area (Å²) in [5.74, 6) is -0.313. The SMILES string of the molecule is O=C(NCCc1ccccc1)c1cccc(S(=O)(=O)C(Br)(Br)Br)c1. The number of benzene rings is 2. The van der Waals surface area contributed by atoms with Gasteiger partial charge in [0.15, 0.2) is 0 Å². The van der Waals surface area contributed by atoms with Crippen LogP contribution in [0.2, 0.25) is 0 Å². The van der Waals surface area contributed by atoms with E-state index in [1.165, 1.54) is 18.2 Å². The lowest BCUT2D eigenvalue weighted by molar-refractivity contribution is 0.0954. The zero-order chi connectivity index (χ0) is 17.8. The number of hydrogen-bond acceptors (Lipinski definition) is 3. The van der Waals surface area contributed by atoms with Crippen molar-refractivity contribution >= 4 is 63.5 Å². The molecule has 0 aliphatic rings. The fraction of sp³-hybridized carbons (Fsp3) is 0.188. The molecular weight excluding hydrogens is 526 g/mol. The maximum absolute atomic E-state index is 12.4. The zero-order valence-corrected chi connectivity index (χ0v) is 18.0. The van der Waals surface area contributed by atoms with Crippen molar-refractivity contribution in [3.63, 3.8) is 0 Å². The third-order valence-electron chi connectivity index (χ3n) is 3.25. The molecule has 0 unspecified atom stereocenters. The molecule has 0 radical (unpaired) electrons. The van der Waals surface area contributed by atoms with Crippen LogP contribution in [0.15, 0.2) is 59.5 Å². The third kappa shape index (κ3) is 4.91. The Hall–Kier alpha value is -0.700. The normalized spacial score (nSPS) is 12.0. The summed E-state index contributed by atoms with van der Waals surface area (Å²) < 4.78 is 23.2. The molecule has 0 heterocycles. The monoisotopic (exact) mass is 537 g/mol. The number of carbonyl (C=O) groups excluding carboxylic acids is 1. The molecule has 2 aromatic rings. The smallest absolute Gasteiger partial charge is 0.251 e. The van der Waals surface area contributed by atoms with Gasteiger partial charge in [-0.2, -0.15) is 0 Å². The van der Waals surface area contributed by atoms with Gasteiger partial charge >= 0.3 is 0 Å². The van der Waals surface area contributed by atoms with Crippen LogP contribution in [0, 0.1) is 0 Å². The van der Waals surface area contributed by atoms with E-state index in [1.807, 2.05) is 30.3 Å². The summed E-state index contributed by atoms with van der Waals surface area (Å²) in [6.07, 6.45) is 0.706. The molecule has 0 aliphatic carbocycles. The molecule has 0 saturated carbocycles. The van der Waals surface area contributed by atoms with Crippen LogP contribution >= 0.6 is 47.8 Å². The fourth-order valence-corrected chi connectivity index (χ4v) is 4.49. The molecule has 8 heteroatoms. The highest BCUT2D eigenvalue weighted by atomic mass is 80.0. The summed E-state index contributed by atoms with van der Waals surface area (Å²) in [7, 11) is -3.73. The number of halogens is 3. The third-order valence-corrected chi connectivity index (χ3v) is 8.57. The van der Waals surface area contributed by atoms with Crippen molar-refractivity contribution in [2.45, 2.75) is 12.8 Å². The van der Waals surface area contributed by atoms with Gasteiger partial charge in [0.05, 0.1) is 4.90 Å². The lowest BCUT2D eigenvalue weighted by Gasteiger charge is -2.14. The Bertz CT molecular complexity index is 818. The van der Waals surface area contributed by atoms with Crippen LogP contribution in [-0.2, 0) is 16.3 Å². The van der Waals surface area contributed by atoms with E-state index in [4.69, 9.17) is 0 Å². The first kappa shape index (κ1) is 19.6. The first-order valence-electron chi connectivity index (χ1n) is 6.95. The highest BCUT2D eigenvalue weighted by Crippen LogP contribution is 2.43. The number of nitrogens with one attached hydrogen (secondary N) is 1. The molecule has 0 atom stereocenters. The largest absolute Gasteiger partial charge is 0.352 e. The first-order valence-corrected chi connectivity index (χ1v) is 10.8. The van der Waals surface area contributed by atoms with E-state index in [2.05, 4.69) is 53.1 Å². The van der Waals surface area contributed by atoms with Crippen molar-refractivity contribution in [3.8, 4) is 0 Å². The molecule has 0 aliphatic heterocycles. The topological polar surface area (TPSA) is 63.2 Å². The van der Waals surface area contributed by atoms with Gasteiger partial charge in [-0.25, -0.2) is 8.42 Å². The van der Waals surface area contributed by atoms with Crippen molar-refractivity contribution in [2.24, 2.45) is 0 Å². The second-order valence-corrected chi connectivity index (χ2v) is 15.4. The Labute approximate surface area is 166 Å². The Morgan fingerprint density at radius 3 is 2.29 bits per heavy atom. The molecule has 4 nitrogen and oxygen atoms in total. The summed E-state index contributed by atoms with van der Waals surface area (Å²) in [5, 5.41) is 2.80. The van der Waals surface area contributed by atoms with Crippen LogP contribution < -0.4 is 5.32 Å². The highest BCUT2D eigenvalue weighted by Gasteiger charge is 2.37. The minimum atomic E-state index is -3.73. The minimum absolute atomic E-state index is 0.0313. The van der Waals surface area contributed by atoms with Crippen LogP contribution in [0.3, 0.4) is 0 Å². The first-order chi connectivity index (χ1) is 11.2. The molecule has 2 aromatic carbocycles. The predicted molar refractivity (Wildman–Crippen MR) is 106 cm³/mol. The van der Waals surface area contributed by atoms with E-state index in [-0.39, 0.29) is 10.8 Å². The van der Waals surface area contributed by atoms with Crippen molar-refractivity contribution in [2.75, 3.05) is 6.54 Å². The van der Waals surface area contributed by atoms with Crippen LogP contribution in [0.25, 0.3) is 0 Å². The van der Waals surface area contributed by atoms with Crippen molar-refractivity contribution < 1.29 is 13.2 Å². The maximum atomic E-state index is 12.4. The van der Waals surface area contributed by atoms with Gasteiger partial charge < -0.3 is 5.32 Å². The Morgan fingerprint density at radius 2 is 1.67 bits per heavy atom. The van der Waals surface area contributed by atoms with Gasteiger partial charge in [-0.15, -0.1) is 0 Å². The second-order valence-electron chi connectivity index (χ2n) is 4.97. The second kappa shape index (κ2) is 8.12. The molecule has 2 rings (SSSR count). The Morgan fingerprint density at radius 1 is 1.00 bits per heavy atom. The van der Waals surface area contributed by atoms with Crippen molar-refractivity contribution in [1.29, 1.82) is 0 Å². The molecule has 1 N–H and O–H groups in total. The predicted octanol–water partition coefficient (Wildman–Crippen LogP) is 4.23. The molecule has 0 spiro atoms. The van der Waals surface area contributed by atoms with E-state index in [1.54, 1.807) is 6.07 Å². The van der Waals surface area contributed by atoms with Crippen molar-refractivity contribution in [3.05, 3.63) is 65.7 Å². The fourth-order valence-electron chi connectivity index (χ4n) is 2.01. The van der Waals surface area contributed by atoms with Crippen LogP contribution in [0.5, 0.6) is 0 Å². The zero-order valence-electron chi connectivity index (χ0n) is 12.4. The summed E-state index contributed by atoms with van der Waals surface area (Å²) in [5.41, 5.74) is 1.41. The van der Waals surface area contributed by atoms with E-state index in [0.29, 0.717) is 18.5 Å². The number of rotatable bonds is 5.